The monoisotopic (exact) mass is 575 g/mol. The first-order valence-corrected chi connectivity index (χ1v) is 15.1. The number of para-hydroxylation sites is 1. The van der Waals surface area contributed by atoms with Gasteiger partial charge in [-0.05, 0) is 67.3 Å². The van der Waals surface area contributed by atoms with Gasteiger partial charge in [0.15, 0.2) is 11.4 Å². The first-order valence-electron chi connectivity index (χ1n) is 15.1. The molecule has 5 aromatic rings. The molecule has 220 valence electrons. The summed E-state index contributed by atoms with van der Waals surface area (Å²) in [6.45, 7) is 12.0. The first kappa shape index (κ1) is 27.4. The van der Waals surface area contributed by atoms with Crippen molar-refractivity contribution in [3.8, 4) is 11.1 Å². The van der Waals surface area contributed by atoms with Gasteiger partial charge in [-0.2, -0.15) is 0 Å². The standard InChI is InChI=1S/C35H37N5O3/c1-21-27(18-29(41)42)32(39-15-12-35(3,4)13-16-39)30(22(2)38-21)24-9-10-25-19-40(14-11-23(25)17-24)34-33-31(36-20-37-34)26-7-5-6-8-28(26)43-33/h5-10,17,20H,11-16,18-19H2,1-4H3,(H,41,42). The Labute approximate surface area is 251 Å². The van der Waals surface area contributed by atoms with E-state index in [9.17, 15) is 9.90 Å². The molecule has 0 unspecified atom stereocenters. The molecular weight excluding hydrogens is 538 g/mol. The number of hydrogen-bond acceptors (Lipinski definition) is 7. The number of rotatable bonds is 5. The van der Waals surface area contributed by atoms with E-state index in [4.69, 9.17) is 9.40 Å². The Morgan fingerprint density at radius 2 is 1.77 bits per heavy atom. The Hall–Kier alpha value is -4.46. The van der Waals surface area contributed by atoms with Gasteiger partial charge < -0.3 is 19.3 Å². The summed E-state index contributed by atoms with van der Waals surface area (Å²) in [4.78, 5) is 30.7. The zero-order chi connectivity index (χ0) is 29.9. The van der Waals surface area contributed by atoms with Crippen LogP contribution in [-0.4, -0.2) is 45.7 Å². The minimum Gasteiger partial charge on any atom is -0.481 e. The van der Waals surface area contributed by atoms with Gasteiger partial charge in [-0.15, -0.1) is 0 Å². The molecule has 43 heavy (non-hydrogen) atoms. The number of furan rings is 1. The van der Waals surface area contributed by atoms with E-state index < -0.39 is 5.97 Å². The Morgan fingerprint density at radius 3 is 2.56 bits per heavy atom. The molecule has 1 saturated heterocycles. The number of pyridine rings is 1. The summed E-state index contributed by atoms with van der Waals surface area (Å²) in [7, 11) is 0. The van der Waals surface area contributed by atoms with Crippen molar-refractivity contribution >= 4 is 39.5 Å². The SMILES string of the molecule is Cc1nc(C)c(-c2ccc3c(c2)CCN(c2ncnc4c2oc2ccccc24)C3)c(N2CCC(C)(C)CC2)c1CC(=O)O. The summed E-state index contributed by atoms with van der Waals surface area (Å²) >= 11 is 0. The van der Waals surface area contributed by atoms with Crippen molar-refractivity contribution in [3.05, 3.63) is 76.9 Å². The van der Waals surface area contributed by atoms with Crippen molar-refractivity contribution in [1.29, 1.82) is 0 Å². The lowest BCUT2D eigenvalue weighted by Gasteiger charge is -2.40. The second kappa shape index (κ2) is 10.4. The quantitative estimate of drug-likeness (QED) is 0.243. The molecule has 7 rings (SSSR count). The molecule has 2 aliphatic rings. The molecule has 2 aromatic carbocycles. The highest BCUT2D eigenvalue weighted by atomic mass is 16.4. The van der Waals surface area contributed by atoms with E-state index in [1.165, 1.54) is 11.1 Å². The largest absolute Gasteiger partial charge is 0.481 e. The van der Waals surface area contributed by atoms with Crippen LogP contribution in [0, 0.1) is 19.3 Å². The second-order valence-corrected chi connectivity index (χ2v) is 12.8. The van der Waals surface area contributed by atoms with E-state index in [1.54, 1.807) is 6.33 Å². The number of carbonyl (C=O) groups is 1. The summed E-state index contributed by atoms with van der Waals surface area (Å²) in [6, 6.07) is 14.7. The lowest BCUT2D eigenvalue weighted by atomic mass is 9.82. The van der Waals surface area contributed by atoms with Crippen LogP contribution in [0.5, 0.6) is 0 Å². The van der Waals surface area contributed by atoms with Gasteiger partial charge in [0.05, 0.1) is 12.1 Å². The molecule has 2 aliphatic heterocycles. The number of carboxylic acids is 1. The van der Waals surface area contributed by atoms with Crippen LogP contribution in [0.3, 0.4) is 0 Å². The van der Waals surface area contributed by atoms with E-state index in [1.807, 2.05) is 31.2 Å². The number of piperidine rings is 1. The van der Waals surface area contributed by atoms with Gasteiger partial charge in [-0.1, -0.05) is 44.2 Å². The maximum Gasteiger partial charge on any atom is 0.307 e. The van der Waals surface area contributed by atoms with Crippen LogP contribution in [0.1, 0.15) is 54.8 Å². The van der Waals surface area contributed by atoms with Crippen molar-refractivity contribution in [1.82, 2.24) is 15.0 Å². The molecule has 0 aliphatic carbocycles. The van der Waals surface area contributed by atoms with Gasteiger partial charge >= 0.3 is 5.97 Å². The number of fused-ring (bicyclic) bond motifs is 4. The van der Waals surface area contributed by atoms with Crippen LogP contribution in [0.25, 0.3) is 33.2 Å². The number of anilines is 2. The zero-order valence-electron chi connectivity index (χ0n) is 25.3. The highest BCUT2D eigenvalue weighted by molar-refractivity contribution is 6.05. The van der Waals surface area contributed by atoms with Gasteiger partial charge in [0.1, 0.15) is 17.4 Å². The van der Waals surface area contributed by atoms with E-state index in [0.717, 1.165) is 107 Å². The third-order valence-electron chi connectivity index (χ3n) is 9.36. The van der Waals surface area contributed by atoms with Crippen LogP contribution < -0.4 is 9.80 Å². The van der Waals surface area contributed by atoms with Gasteiger partial charge in [0.2, 0.25) is 0 Å². The van der Waals surface area contributed by atoms with Crippen molar-refractivity contribution in [2.75, 3.05) is 29.4 Å². The second-order valence-electron chi connectivity index (χ2n) is 12.8. The number of aryl methyl sites for hydroxylation is 2. The van der Waals surface area contributed by atoms with Crippen LogP contribution >= 0.6 is 0 Å². The molecule has 0 amide bonds. The normalized spacial score (nSPS) is 16.6. The van der Waals surface area contributed by atoms with Crippen LogP contribution in [0.4, 0.5) is 11.5 Å². The number of nitrogens with zero attached hydrogens (tertiary/aromatic N) is 5. The van der Waals surface area contributed by atoms with E-state index in [-0.39, 0.29) is 11.8 Å². The van der Waals surface area contributed by atoms with Crippen LogP contribution in [-0.2, 0) is 24.2 Å². The number of carboxylic acid groups (broad SMARTS) is 1. The Balaban J connectivity index is 1.26. The highest BCUT2D eigenvalue weighted by Gasteiger charge is 2.31. The van der Waals surface area contributed by atoms with Crippen LogP contribution in [0.2, 0.25) is 0 Å². The summed E-state index contributed by atoms with van der Waals surface area (Å²) in [5.41, 5.74) is 11.0. The summed E-state index contributed by atoms with van der Waals surface area (Å²) in [6.07, 6.45) is 4.60. The van der Waals surface area contributed by atoms with Crippen molar-refractivity contribution in [3.63, 3.8) is 0 Å². The Kier molecular flexibility index (Phi) is 6.60. The molecule has 0 atom stereocenters. The maximum atomic E-state index is 12.0. The average Bonchev–Trinajstić information content (AvgIpc) is 3.37. The predicted molar refractivity (Wildman–Crippen MR) is 170 cm³/mol. The molecule has 5 heterocycles. The van der Waals surface area contributed by atoms with Gasteiger partial charge in [-0.25, -0.2) is 9.97 Å². The molecule has 8 heteroatoms. The fraction of sp³-hybridized carbons (Fsp3) is 0.371. The average molecular weight is 576 g/mol. The van der Waals surface area contributed by atoms with E-state index in [0.29, 0.717) is 0 Å². The molecule has 0 bridgehead atoms. The van der Waals surface area contributed by atoms with Gasteiger partial charge in [0, 0.05) is 54.1 Å². The molecule has 8 nitrogen and oxygen atoms in total. The highest BCUT2D eigenvalue weighted by Crippen LogP contribution is 2.42. The van der Waals surface area contributed by atoms with Gasteiger partial charge in [-0.3, -0.25) is 9.78 Å². The minimum absolute atomic E-state index is 0.0313. The number of benzene rings is 2. The lowest BCUT2D eigenvalue weighted by molar-refractivity contribution is -0.136. The van der Waals surface area contributed by atoms with Crippen molar-refractivity contribution in [2.45, 2.75) is 59.9 Å². The molecular formula is C35H37N5O3. The lowest BCUT2D eigenvalue weighted by Crippen LogP contribution is -2.38. The molecule has 0 spiro atoms. The van der Waals surface area contributed by atoms with Crippen molar-refractivity contribution < 1.29 is 14.3 Å². The minimum atomic E-state index is -0.827. The number of hydrogen-bond donors (Lipinski definition) is 1. The first-order chi connectivity index (χ1) is 20.7. The maximum absolute atomic E-state index is 12.0. The molecule has 3 aromatic heterocycles. The molecule has 0 saturated carbocycles. The summed E-state index contributed by atoms with van der Waals surface area (Å²) < 4.78 is 6.23. The van der Waals surface area contributed by atoms with Crippen LogP contribution in [0.15, 0.2) is 53.2 Å². The molecule has 0 radical (unpaired) electrons. The topological polar surface area (TPSA) is 95.6 Å². The third-order valence-corrected chi connectivity index (χ3v) is 9.36. The van der Waals surface area contributed by atoms with Gasteiger partial charge in [0.25, 0.3) is 0 Å². The summed E-state index contributed by atoms with van der Waals surface area (Å²) in [5, 5.41) is 10.8. The zero-order valence-corrected chi connectivity index (χ0v) is 25.3. The Bertz CT molecular complexity index is 1880. The summed E-state index contributed by atoms with van der Waals surface area (Å²) in [5.74, 6) is -0.00441. The molecule has 1 fully saturated rings. The fourth-order valence-corrected chi connectivity index (χ4v) is 6.89. The molecule has 1 N–H and O–H groups in total. The number of aromatic nitrogens is 3. The van der Waals surface area contributed by atoms with Crippen molar-refractivity contribution in [2.24, 2.45) is 5.41 Å². The predicted octanol–water partition coefficient (Wildman–Crippen LogP) is 6.87. The number of aliphatic carboxylic acids is 1. The Morgan fingerprint density at radius 1 is 0.977 bits per heavy atom. The van der Waals surface area contributed by atoms with E-state index in [2.05, 4.69) is 58.7 Å². The smallest absolute Gasteiger partial charge is 0.307 e. The fourth-order valence-electron chi connectivity index (χ4n) is 6.89. The third kappa shape index (κ3) is 4.88. The van der Waals surface area contributed by atoms with E-state index >= 15 is 0 Å².